The number of benzene rings is 2. The van der Waals surface area contributed by atoms with E-state index >= 15 is 0 Å². The van der Waals surface area contributed by atoms with Crippen LogP contribution in [0, 0.1) is 12.7 Å². The highest BCUT2D eigenvalue weighted by Gasteiger charge is 2.30. The van der Waals surface area contributed by atoms with Crippen molar-refractivity contribution in [3.63, 3.8) is 0 Å². The van der Waals surface area contributed by atoms with Crippen molar-refractivity contribution in [3.05, 3.63) is 59.4 Å². The van der Waals surface area contributed by atoms with Gasteiger partial charge in [0, 0.05) is 30.4 Å². The van der Waals surface area contributed by atoms with Gasteiger partial charge in [-0.25, -0.2) is 22.3 Å². The summed E-state index contributed by atoms with van der Waals surface area (Å²) in [6.07, 6.45) is 0.722. The van der Waals surface area contributed by atoms with E-state index in [1.54, 1.807) is 27.7 Å². The summed E-state index contributed by atoms with van der Waals surface area (Å²) < 4.78 is 47.5. The zero-order valence-electron chi connectivity index (χ0n) is 19.7. The Bertz CT molecular complexity index is 1180. The van der Waals surface area contributed by atoms with Gasteiger partial charge in [-0.2, -0.15) is 0 Å². The number of likely N-dealkylation sites (tertiary alicyclic amines) is 1. The van der Waals surface area contributed by atoms with E-state index in [-0.39, 0.29) is 22.8 Å². The molecular formula is C24H30FN3O5S. The Hall–Kier alpha value is -2.98. The zero-order chi connectivity index (χ0) is 25.1. The van der Waals surface area contributed by atoms with Crippen molar-refractivity contribution < 1.29 is 27.1 Å². The first-order valence-electron chi connectivity index (χ1n) is 11.0. The summed E-state index contributed by atoms with van der Waals surface area (Å²) in [5.74, 6) is -0.901. The van der Waals surface area contributed by atoms with Crippen molar-refractivity contribution in [3.8, 4) is 0 Å². The number of nitrogens with one attached hydrogen (secondary N) is 2. The molecule has 1 unspecified atom stereocenters. The van der Waals surface area contributed by atoms with E-state index in [2.05, 4.69) is 10.0 Å². The summed E-state index contributed by atoms with van der Waals surface area (Å²) in [4.78, 5) is 26.4. The molecule has 2 N–H and O–H groups in total. The fourth-order valence-corrected chi connectivity index (χ4v) is 4.89. The molecule has 0 spiro atoms. The van der Waals surface area contributed by atoms with Gasteiger partial charge in [0.25, 0.3) is 5.91 Å². The standard InChI is InChI=1S/C24H30FN3O5S/c1-16-13-18(10-11-21(16)25)26-22(29)17-7-5-9-20(14-17)34(31,32)27-19-8-6-12-28(15-19)23(30)33-24(2,3)4/h5,7,9-11,13-14,19,27H,6,8,12,15H2,1-4H3,(H,26,29). The first-order chi connectivity index (χ1) is 15.8. The molecule has 1 aliphatic rings. The minimum atomic E-state index is -3.94. The Labute approximate surface area is 199 Å². The number of amides is 2. The summed E-state index contributed by atoms with van der Waals surface area (Å²) in [5.41, 5.74) is 0.284. The number of sulfonamides is 1. The molecule has 1 saturated heterocycles. The molecule has 1 aliphatic heterocycles. The fourth-order valence-electron chi connectivity index (χ4n) is 3.58. The molecule has 0 aliphatic carbocycles. The molecule has 0 bridgehead atoms. The minimum Gasteiger partial charge on any atom is -0.444 e. The number of anilines is 1. The predicted molar refractivity (Wildman–Crippen MR) is 127 cm³/mol. The summed E-state index contributed by atoms with van der Waals surface area (Å²) >= 11 is 0. The molecule has 2 amide bonds. The number of hydrogen-bond donors (Lipinski definition) is 2. The van der Waals surface area contributed by atoms with E-state index in [9.17, 15) is 22.4 Å². The second-order valence-electron chi connectivity index (χ2n) is 9.33. The monoisotopic (exact) mass is 491 g/mol. The number of hydrogen-bond acceptors (Lipinski definition) is 5. The average molecular weight is 492 g/mol. The van der Waals surface area contributed by atoms with E-state index < -0.39 is 33.7 Å². The maximum absolute atomic E-state index is 13.5. The third-order valence-electron chi connectivity index (χ3n) is 5.22. The molecule has 34 heavy (non-hydrogen) atoms. The SMILES string of the molecule is Cc1cc(NC(=O)c2cccc(S(=O)(=O)NC3CCCN(C(=O)OC(C)(C)C)C3)c2)ccc1F. The van der Waals surface area contributed by atoms with Gasteiger partial charge < -0.3 is 15.0 Å². The van der Waals surface area contributed by atoms with Gasteiger partial charge in [-0.15, -0.1) is 0 Å². The van der Waals surface area contributed by atoms with E-state index in [0.29, 0.717) is 30.6 Å². The van der Waals surface area contributed by atoms with Crippen molar-refractivity contribution in [1.82, 2.24) is 9.62 Å². The predicted octanol–water partition coefficient (Wildman–Crippen LogP) is 4.06. The molecular weight excluding hydrogens is 461 g/mol. The zero-order valence-corrected chi connectivity index (χ0v) is 20.5. The Kier molecular flexibility index (Phi) is 7.62. The molecule has 184 valence electrons. The lowest BCUT2D eigenvalue weighted by Crippen LogP contribution is -2.50. The summed E-state index contributed by atoms with van der Waals surface area (Å²) in [5, 5.41) is 2.64. The van der Waals surface area contributed by atoms with Gasteiger partial charge in [0.1, 0.15) is 11.4 Å². The lowest BCUT2D eigenvalue weighted by molar-refractivity contribution is 0.0195. The third-order valence-corrected chi connectivity index (χ3v) is 6.74. The summed E-state index contributed by atoms with van der Waals surface area (Å²) in [6.45, 7) is 7.59. The molecule has 3 rings (SSSR count). The lowest BCUT2D eigenvalue weighted by Gasteiger charge is -2.34. The topological polar surface area (TPSA) is 105 Å². The molecule has 10 heteroatoms. The fraction of sp³-hybridized carbons (Fsp3) is 0.417. The van der Waals surface area contributed by atoms with Crippen molar-refractivity contribution in [2.24, 2.45) is 0 Å². The molecule has 8 nitrogen and oxygen atoms in total. The molecule has 2 aromatic rings. The smallest absolute Gasteiger partial charge is 0.410 e. The first-order valence-corrected chi connectivity index (χ1v) is 12.5. The largest absolute Gasteiger partial charge is 0.444 e. The van der Waals surface area contributed by atoms with Crippen LogP contribution in [-0.4, -0.2) is 50.1 Å². The van der Waals surface area contributed by atoms with Gasteiger partial charge >= 0.3 is 6.09 Å². The van der Waals surface area contributed by atoms with Crippen LogP contribution in [0.2, 0.25) is 0 Å². The second-order valence-corrected chi connectivity index (χ2v) is 11.0. The molecule has 0 aromatic heterocycles. The molecule has 1 fully saturated rings. The van der Waals surface area contributed by atoms with Crippen molar-refractivity contribution in [2.75, 3.05) is 18.4 Å². The highest BCUT2D eigenvalue weighted by atomic mass is 32.2. The van der Waals surface area contributed by atoms with E-state index in [4.69, 9.17) is 4.74 Å². The van der Waals surface area contributed by atoms with Crippen LogP contribution in [0.3, 0.4) is 0 Å². The van der Waals surface area contributed by atoms with Crippen LogP contribution >= 0.6 is 0 Å². The molecule has 2 aromatic carbocycles. The number of halogens is 1. The summed E-state index contributed by atoms with van der Waals surface area (Å²) in [6, 6.07) is 9.35. The molecule has 1 atom stereocenters. The highest BCUT2D eigenvalue weighted by molar-refractivity contribution is 7.89. The highest BCUT2D eigenvalue weighted by Crippen LogP contribution is 2.20. The lowest BCUT2D eigenvalue weighted by atomic mass is 10.1. The van der Waals surface area contributed by atoms with Crippen molar-refractivity contribution in [1.29, 1.82) is 0 Å². The van der Waals surface area contributed by atoms with Crippen molar-refractivity contribution in [2.45, 2.75) is 57.1 Å². The van der Waals surface area contributed by atoms with Crippen LogP contribution in [0.25, 0.3) is 0 Å². The molecule has 0 radical (unpaired) electrons. The van der Waals surface area contributed by atoms with E-state index in [1.165, 1.54) is 47.4 Å². The Morgan fingerprint density at radius 2 is 1.88 bits per heavy atom. The number of carbonyl (C=O) groups is 2. The maximum atomic E-state index is 13.5. The third kappa shape index (κ3) is 6.77. The quantitative estimate of drug-likeness (QED) is 0.656. The second kappa shape index (κ2) is 10.1. The summed E-state index contributed by atoms with van der Waals surface area (Å²) in [7, 11) is -3.94. The van der Waals surface area contributed by atoms with Gasteiger partial charge in [0.2, 0.25) is 10.0 Å². The van der Waals surface area contributed by atoms with Gasteiger partial charge in [-0.1, -0.05) is 6.07 Å². The van der Waals surface area contributed by atoms with Crippen LogP contribution in [0.5, 0.6) is 0 Å². The van der Waals surface area contributed by atoms with E-state index in [0.717, 1.165) is 0 Å². The van der Waals surface area contributed by atoms with Crippen LogP contribution < -0.4 is 10.0 Å². The Morgan fingerprint density at radius 3 is 2.56 bits per heavy atom. The molecule has 1 heterocycles. The number of ether oxygens (including phenoxy) is 1. The number of nitrogens with zero attached hydrogens (tertiary/aromatic N) is 1. The van der Waals surface area contributed by atoms with Crippen molar-refractivity contribution >= 4 is 27.7 Å². The maximum Gasteiger partial charge on any atom is 0.410 e. The van der Waals surface area contributed by atoms with Gasteiger partial charge in [-0.3, -0.25) is 4.79 Å². The van der Waals surface area contributed by atoms with Gasteiger partial charge in [0.15, 0.2) is 0 Å². The average Bonchev–Trinajstić information content (AvgIpc) is 2.75. The minimum absolute atomic E-state index is 0.0650. The van der Waals surface area contributed by atoms with Crippen LogP contribution in [0.15, 0.2) is 47.4 Å². The Morgan fingerprint density at radius 1 is 1.15 bits per heavy atom. The first kappa shape index (κ1) is 25.6. The van der Waals surface area contributed by atoms with Gasteiger partial charge in [0.05, 0.1) is 4.90 Å². The van der Waals surface area contributed by atoms with Gasteiger partial charge in [-0.05, 0) is 82.5 Å². The molecule has 0 saturated carbocycles. The van der Waals surface area contributed by atoms with Crippen LogP contribution in [0.4, 0.5) is 14.9 Å². The number of aryl methyl sites for hydroxylation is 1. The normalized spacial score (nSPS) is 16.7. The number of carbonyl (C=O) groups excluding carboxylic acids is 2. The number of rotatable bonds is 5. The van der Waals surface area contributed by atoms with E-state index in [1.807, 2.05) is 0 Å². The number of piperidine rings is 1. The van der Waals surface area contributed by atoms with Crippen LogP contribution in [0.1, 0.15) is 49.5 Å². The van der Waals surface area contributed by atoms with Crippen LogP contribution in [-0.2, 0) is 14.8 Å². The Balaban J connectivity index is 1.69.